The van der Waals surface area contributed by atoms with Gasteiger partial charge in [-0.15, -0.1) is 5.10 Å². The molecular weight excluding hydrogens is 252 g/mol. The van der Waals surface area contributed by atoms with Crippen LogP contribution < -0.4 is 5.73 Å². The highest BCUT2D eigenvalue weighted by Crippen LogP contribution is 2.22. The highest BCUT2D eigenvalue weighted by Gasteiger charge is 2.24. The number of nitriles is 1. The van der Waals surface area contributed by atoms with E-state index in [1.165, 1.54) is 6.20 Å². The van der Waals surface area contributed by atoms with Gasteiger partial charge in [0.25, 0.3) is 0 Å². The Labute approximate surface area is 118 Å². The van der Waals surface area contributed by atoms with Gasteiger partial charge in [-0.05, 0) is 19.1 Å². The first-order valence-corrected chi connectivity index (χ1v) is 6.42. The zero-order valence-electron chi connectivity index (χ0n) is 12.1. The lowest BCUT2D eigenvalue weighted by molar-refractivity contribution is 0.543. The Balaban J connectivity index is 2.54. The van der Waals surface area contributed by atoms with Crippen molar-refractivity contribution in [1.29, 1.82) is 5.26 Å². The number of aromatic nitrogens is 4. The molecule has 0 saturated heterocycles. The Morgan fingerprint density at radius 1 is 1.35 bits per heavy atom. The molecule has 0 aliphatic rings. The predicted octanol–water partition coefficient (Wildman–Crippen LogP) is 1.85. The van der Waals surface area contributed by atoms with Crippen molar-refractivity contribution in [2.24, 2.45) is 5.73 Å². The second-order valence-corrected chi connectivity index (χ2v) is 5.76. The molecule has 0 aliphatic carbocycles. The van der Waals surface area contributed by atoms with E-state index in [2.05, 4.69) is 15.1 Å². The summed E-state index contributed by atoms with van der Waals surface area (Å²) in [5, 5.41) is 13.3. The first kappa shape index (κ1) is 14.2. The summed E-state index contributed by atoms with van der Waals surface area (Å²) in [7, 11) is 0. The predicted molar refractivity (Wildman–Crippen MR) is 75.2 cm³/mol. The van der Waals surface area contributed by atoms with Gasteiger partial charge in [0.05, 0.1) is 11.6 Å². The number of nitrogens with zero attached hydrogens (tertiary/aromatic N) is 5. The van der Waals surface area contributed by atoms with Crippen LogP contribution in [0.15, 0.2) is 18.3 Å². The molecule has 2 aromatic rings. The van der Waals surface area contributed by atoms with E-state index in [0.717, 1.165) is 5.82 Å². The summed E-state index contributed by atoms with van der Waals surface area (Å²) < 4.78 is 1.65. The Hall–Kier alpha value is -2.26. The molecule has 0 saturated carbocycles. The maximum Gasteiger partial charge on any atom is 0.156 e. The van der Waals surface area contributed by atoms with Gasteiger partial charge in [0.15, 0.2) is 17.5 Å². The van der Waals surface area contributed by atoms with Crippen LogP contribution in [0.25, 0.3) is 5.82 Å². The summed E-state index contributed by atoms with van der Waals surface area (Å²) in [6.07, 6.45) is 1.51. The minimum atomic E-state index is -0.254. The summed E-state index contributed by atoms with van der Waals surface area (Å²) in [5.74, 6) is 1.99. The highest BCUT2D eigenvalue weighted by molar-refractivity contribution is 5.32. The molecule has 0 spiro atoms. The van der Waals surface area contributed by atoms with Crippen molar-refractivity contribution in [3.63, 3.8) is 0 Å². The van der Waals surface area contributed by atoms with Crippen LogP contribution in [0.5, 0.6) is 0 Å². The normalized spacial score (nSPS) is 13.0. The third kappa shape index (κ3) is 2.68. The quantitative estimate of drug-likeness (QED) is 0.898. The van der Waals surface area contributed by atoms with E-state index in [0.29, 0.717) is 17.2 Å². The number of nitrogens with two attached hydrogens (primary N) is 1. The third-order valence-corrected chi connectivity index (χ3v) is 2.80. The lowest BCUT2D eigenvalue weighted by Gasteiger charge is -2.12. The molecular formula is C14H18N6. The number of rotatable bonds is 2. The van der Waals surface area contributed by atoms with Crippen molar-refractivity contribution < 1.29 is 0 Å². The van der Waals surface area contributed by atoms with E-state index >= 15 is 0 Å². The molecule has 2 aromatic heterocycles. The monoisotopic (exact) mass is 270 g/mol. The summed E-state index contributed by atoms with van der Waals surface area (Å²) in [6.45, 7) is 7.99. The first-order valence-electron chi connectivity index (χ1n) is 6.42. The van der Waals surface area contributed by atoms with Gasteiger partial charge < -0.3 is 5.73 Å². The Morgan fingerprint density at radius 3 is 2.50 bits per heavy atom. The molecule has 2 rings (SSSR count). The minimum absolute atomic E-state index is 0.165. The molecule has 0 fully saturated rings. The minimum Gasteiger partial charge on any atom is -0.322 e. The highest BCUT2D eigenvalue weighted by atomic mass is 15.4. The number of hydrogen-bond donors (Lipinski definition) is 1. The SMILES string of the molecule is C[C@@H](N)c1nc(C(C)(C)C)nn1-c1ccc(C#N)cn1. The second-order valence-electron chi connectivity index (χ2n) is 5.76. The van der Waals surface area contributed by atoms with Crippen molar-refractivity contribution in [2.45, 2.75) is 39.2 Å². The molecule has 6 heteroatoms. The molecule has 0 unspecified atom stereocenters. The average Bonchev–Trinajstić information content (AvgIpc) is 2.84. The standard InChI is InChI=1S/C14H18N6/c1-9(16)12-18-13(14(2,3)4)19-20(12)11-6-5-10(7-15)8-17-11/h5-6,8-9H,16H2,1-4H3/t9-/m1/s1. The van der Waals surface area contributed by atoms with Crippen molar-refractivity contribution in [1.82, 2.24) is 19.7 Å². The molecule has 20 heavy (non-hydrogen) atoms. The molecule has 2 heterocycles. The van der Waals surface area contributed by atoms with E-state index in [1.54, 1.807) is 16.8 Å². The zero-order valence-corrected chi connectivity index (χ0v) is 12.1. The number of pyridine rings is 1. The van der Waals surface area contributed by atoms with Gasteiger partial charge in [-0.1, -0.05) is 20.8 Å². The Bertz CT molecular complexity index is 640. The Kier molecular flexibility index (Phi) is 3.55. The maximum atomic E-state index is 8.81. The van der Waals surface area contributed by atoms with Gasteiger partial charge in [-0.25, -0.2) is 9.97 Å². The molecule has 1 atom stereocenters. The van der Waals surface area contributed by atoms with Crippen molar-refractivity contribution >= 4 is 0 Å². The summed E-state index contributed by atoms with van der Waals surface area (Å²) in [4.78, 5) is 8.76. The van der Waals surface area contributed by atoms with Crippen molar-refractivity contribution in [3.05, 3.63) is 35.5 Å². The van der Waals surface area contributed by atoms with Gasteiger partial charge in [-0.2, -0.15) is 9.94 Å². The van der Waals surface area contributed by atoms with Crippen molar-refractivity contribution in [3.8, 4) is 11.9 Å². The molecule has 6 nitrogen and oxygen atoms in total. The van der Waals surface area contributed by atoms with Gasteiger partial charge in [-0.3, -0.25) is 0 Å². The molecule has 0 radical (unpaired) electrons. The third-order valence-electron chi connectivity index (χ3n) is 2.80. The fourth-order valence-corrected chi connectivity index (χ4v) is 1.68. The molecule has 0 bridgehead atoms. The fraction of sp³-hybridized carbons (Fsp3) is 0.429. The van der Waals surface area contributed by atoms with E-state index in [9.17, 15) is 0 Å². The van der Waals surface area contributed by atoms with Crippen LogP contribution >= 0.6 is 0 Å². The van der Waals surface area contributed by atoms with Crippen LogP contribution in [0.1, 0.15) is 50.9 Å². The van der Waals surface area contributed by atoms with Crippen LogP contribution in [0.2, 0.25) is 0 Å². The van der Waals surface area contributed by atoms with Crippen LogP contribution in [-0.4, -0.2) is 19.7 Å². The lowest BCUT2D eigenvalue weighted by Crippen LogP contribution is -2.14. The average molecular weight is 270 g/mol. The molecule has 0 aromatic carbocycles. The smallest absolute Gasteiger partial charge is 0.156 e. The van der Waals surface area contributed by atoms with Crippen LogP contribution in [0, 0.1) is 11.3 Å². The van der Waals surface area contributed by atoms with Gasteiger partial charge in [0.2, 0.25) is 0 Å². The fourth-order valence-electron chi connectivity index (χ4n) is 1.68. The topological polar surface area (TPSA) is 93.4 Å². The largest absolute Gasteiger partial charge is 0.322 e. The molecule has 0 aliphatic heterocycles. The molecule has 0 amide bonds. The maximum absolute atomic E-state index is 8.81. The first-order chi connectivity index (χ1) is 9.32. The number of hydrogen-bond acceptors (Lipinski definition) is 5. The van der Waals surface area contributed by atoms with Crippen LogP contribution in [0.4, 0.5) is 0 Å². The van der Waals surface area contributed by atoms with Gasteiger partial charge >= 0.3 is 0 Å². The Morgan fingerprint density at radius 2 is 2.05 bits per heavy atom. The summed E-state index contributed by atoms with van der Waals surface area (Å²) in [5.41, 5.74) is 6.30. The lowest BCUT2D eigenvalue weighted by atomic mass is 9.96. The second kappa shape index (κ2) is 5.02. The molecule has 2 N–H and O–H groups in total. The van der Waals surface area contributed by atoms with E-state index in [4.69, 9.17) is 11.0 Å². The van der Waals surface area contributed by atoms with Gasteiger partial charge in [0.1, 0.15) is 6.07 Å². The van der Waals surface area contributed by atoms with Crippen molar-refractivity contribution in [2.75, 3.05) is 0 Å². The van der Waals surface area contributed by atoms with Crippen LogP contribution in [-0.2, 0) is 5.41 Å². The van der Waals surface area contributed by atoms with Crippen LogP contribution in [0.3, 0.4) is 0 Å². The van der Waals surface area contributed by atoms with E-state index in [-0.39, 0.29) is 11.5 Å². The van der Waals surface area contributed by atoms with Gasteiger partial charge in [0, 0.05) is 11.6 Å². The van der Waals surface area contributed by atoms with E-state index < -0.39 is 0 Å². The molecule has 104 valence electrons. The zero-order chi connectivity index (χ0) is 14.9. The summed E-state index contributed by atoms with van der Waals surface area (Å²) in [6, 6.07) is 5.23. The van der Waals surface area contributed by atoms with E-state index in [1.807, 2.05) is 33.8 Å². The summed E-state index contributed by atoms with van der Waals surface area (Å²) >= 11 is 0.